The van der Waals surface area contributed by atoms with Gasteiger partial charge in [0.1, 0.15) is 0 Å². The normalized spacial score (nSPS) is 19.9. The van der Waals surface area contributed by atoms with Crippen LogP contribution in [0, 0.1) is 0 Å². The molecule has 2 rings (SSSR count). The third-order valence-corrected chi connectivity index (χ3v) is 3.31. The van der Waals surface area contributed by atoms with Crippen LogP contribution in [0.15, 0.2) is 12.4 Å². The summed E-state index contributed by atoms with van der Waals surface area (Å²) in [5.41, 5.74) is 0.704. The van der Waals surface area contributed by atoms with Gasteiger partial charge in [-0.05, 0) is 25.7 Å². The topological polar surface area (TPSA) is 70.4 Å². The lowest BCUT2D eigenvalue weighted by Gasteiger charge is -2.35. The van der Waals surface area contributed by atoms with Crippen LogP contribution in [-0.2, 0) is 7.05 Å². The monoisotopic (exact) mass is 252 g/mol. The second kappa shape index (κ2) is 5.86. The van der Waals surface area contributed by atoms with Gasteiger partial charge in [0.15, 0.2) is 0 Å². The molecule has 0 spiro atoms. The van der Waals surface area contributed by atoms with Crippen molar-refractivity contribution < 1.29 is 9.90 Å². The minimum atomic E-state index is -0.0962. The molecule has 1 aliphatic heterocycles. The molecule has 1 aromatic rings. The van der Waals surface area contributed by atoms with Crippen LogP contribution in [0.2, 0.25) is 0 Å². The molecule has 1 aliphatic rings. The first-order chi connectivity index (χ1) is 8.70. The molecule has 18 heavy (non-hydrogen) atoms. The van der Waals surface area contributed by atoms with Gasteiger partial charge in [0.25, 0.3) is 0 Å². The summed E-state index contributed by atoms with van der Waals surface area (Å²) in [5, 5.41) is 15.9. The number of nitrogens with zero attached hydrogens (tertiary/aromatic N) is 3. The van der Waals surface area contributed by atoms with E-state index in [-0.39, 0.29) is 18.7 Å². The number of hydrogen-bond donors (Lipinski definition) is 2. The number of urea groups is 1. The molecular formula is C12H20N4O2. The maximum absolute atomic E-state index is 12.2. The molecular weight excluding hydrogens is 232 g/mol. The standard InChI is InChI=1S/C12H20N4O2/c1-15-9-10(8-13-15)14-12(18)16-6-3-2-4-11(16)5-7-17/h8-9,11,17H,2-7H2,1H3,(H,14,18). The number of nitrogens with one attached hydrogen (secondary N) is 1. The van der Waals surface area contributed by atoms with Crippen LogP contribution >= 0.6 is 0 Å². The van der Waals surface area contributed by atoms with Crippen molar-refractivity contribution in [1.29, 1.82) is 0 Å². The van der Waals surface area contributed by atoms with Crippen LogP contribution in [0.1, 0.15) is 25.7 Å². The summed E-state index contributed by atoms with van der Waals surface area (Å²) in [5.74, 6) is 0. The fourth-order valence-electron chi connectivity index (χ4n) is 2.40. The third-order valence-electron chi connectivity index (χ3n) is 3.31. The number of likely N-dealkylation sites (tertiary alicyclic amines) is 1. The number of piperidine rings is 1. The molecule has 0 aromatic carbocycles. The zero-order valence-corrected chi connectivity index (χ0v) is 10.7. The Labute approximate surface area is 107 Å². The molecule has 0 radical (unpaired) electrons. The van der Waals surface area contributed by atoms with Gasteiger partial charge in [-0.25, -0.2) is 4.79 Å². The van der Waals surface area contributed by atoms with Gasteiger partial charge in [-0.3, -0.25) is 4.68 Å². The third kappa shape index (κ3) is 3.01. The van der Waals surface area contributed by atoms with Crippen molar-refractivity contribution in [2.24, 2.45) is 7.05 Å². The van der Waals surface area contributed by atoms with Crippen molar-refractivity contribution in [1.82, 2.24) is 14.7 Å². The summed E-state index contributed by atoms with van der Waals surface area (Å²) in [4.78, 5) is 14.0. The summed E-state index contributed by atoms with van der Waals surface area (Å²) >= 11 is 0. The minimum absolute atomic E-state index is 0.0962. The Morgan fingerprint density at radius 3 is 3.11 bits per heavy atom. The smallest absolute Gasteiger partial charge is 0.322 e. The Morgan fingerprint density at radius 1 is 1.61 bits per heavy atom. The highest BCUT2D eigenvalue weighted by Crippen LogP contribution is 2.20. The van der Waals surface area contributed by atoms with Crippen LogP contribution < -0.4 is 5.32 Å². The van der Waals surface area contributed by atoms with Crippen LogP contribution in [-0.4, -0.2) is 45.0 Å². The minimum Gasteiger partial charge on any atom is -0.396 e. The second-order valence-corrected chi connectivity index (χ2v) is 4.69. The number of anilines is 1. The van der Waals surface area contributed by atoms with Gasteiger partial charge < -0.3 is 15.3 Å². The number of aliphatic hydroxyl groups excluding tert-OH is 1. The molecule has 6 nitrogen and oxygen atoms in total. The molecule has 100 valence electrons. The Hall–Kier alpha value is -1.56. The van der Waals surface area contributed by atoms with E-state index in [1.165, 1.54) is 0 Å². The average Bonchev–Trinajstić information content (AvgIpc) is 2.76. The van der Waals surface area contributed by atoms with Crippen molar-refractivity contribution in [3.63, 3.8) is 0 Å². The molecule has 1 unspecified atom stereocenters. The molecule has 1 saturated heterocycles. The molecule has 6 heteroatoms. The van der Waals surface area contributed by atoms with Gasteiger partial charge in [-0.2, -0.15) is 5.10 Å². The second-order valence-electron chi connectivity index (χ2n) is 4.69. The van der Waals surface area contributed by atoms with E-state index < -0.39 is 0 Å². The lowest BCUT2D eigenvalue weighted by molar-refractivity contribution is 0.141. The van der Waals surface area contributed by atoms with Crippen LogP contribution in [0.3, 0.4) is 0 Å². The summed E-state index contributed by atoms with van der Waals surface area (Å²) in [6.07, 6.45) is 7.18. The van der Waals surface area contributed by atoms with E-state index in [4.69, 9.17) is 5.11 Å². The first-order valence-corrected chi connectivity index (χ1v) is 6.38. The molecule has 0 aliphatic carbocycles. The van der Waals surface area contributed by atoms with Gasteiger partial charge in [0.2, 0.25) is 0 Å². The predicted octanol–water partition coefficient (Wildman–Crippen LogP) is 1.19. The van der Waals surface area contributed by atoms with E-state index >= 15 is 0 Å². The van der Waals surface area contributed by atoms with Crippen LogP contribution in [0.5, 0.6) is 0 Å². The van der Waals surface area contributed by atoms with Crippen molar-refractivity contribution in [2.45, 2.75) is 31.7 Å². The number of rotatable bonds is 3. The largest absolute Gasteiger partial charge is 0.396 e. The Bertz CT molecular complexity index is 403. The van der Waals surface area contributed by atoms with Crippen molar-refractivity contribution in [2.75, 3.05) is 18.5 Å². The molecule has 0 bridgehead atoms. The molecule has 2 amide bonds. The Morgan fingerprint density at radius 2 is 2.44 bits per heavy atom. The van der Waals surface area contributed by atoms with Crippen LogP contribution in [0.4, 0.5) is 10.5 Å². The lowest BCUT2D eigenvalue weighted by atomic mass is 10.0. The van der Waals surface area contributed by atoms with Crippen molar-refractivity contribution >= 4 is 11.7 Å². The maximum Gasteiger partial charge on any atom is 0.322 e. The molecule has 2 N–H and O–H groups in total. The molecule has 0 saturated carbocycles. The Kier molecular flexibility index (Phi) is 4.19. The van der Waals surface area contributed by atoms with Gasteiger partial charge in [-0.15, -0.1) is 0 Å². The molecule has 2 heterocycles. The number of carbonyl (C=O) groups excluding carboxylic acids is 1. The number of amides is 2. The highest BCUT2D eigenvalue weighted by Gasteiger charge is 2.26. The number of aromatic nitrogens is 2. The zero-order valence-electron chi connectivity index (χ0n) is 10.7. The number of hydrogen-bond acceptors (Lipinski definition) is 3. The van der Waals surface area contributed by atoms with Gasteiger partial charge >= 0.3 is 6.03 Å². The number of aryl methyl sites for hydroxylation is 1. The van der Waals surface area contributed by atoms with Crippen LogP contribution in [0.25, 0.3) is 0 Å². The lowest BCUT2D eigenvalue weighted by Crippen LogP contribution is -2.46. The quantitative estimate of drug-likeness (QED) is 0.849. The van der Waals surface area contributed by atoms with Gasteiger partial charge in [0.05, 0.1) is 11.9 Å². The first-order valence-electron chi connectivity index (χ1n) is 6.38. The first kappa shape index (κ1) is 12.9. The van der Waals surface area contributed by atoms with Gasteiger partial charge in [-0.1, -0.05) is 0 Å². The highest BCUT2D eigenvalue weighted by atomic mass is 16.3. The van der Waals surface area contributed by atoms with Crippen molar-refractivity contribution in [3.8, 4) is 0 Å². The predicted molar refractivity (Wildman–Crippen MR) is 68.3 cm³/mol. The fourth-order valence-corrected chi connectivity index (χ4v) is 2.40. The maximum atomic E-state index is 12.2. The highest BCUT2D eigenvalue weighted by molar-refractivity contribution is 5.89. The summed E-state index contributed by atoms with van der Waals surface area (Å²) in [7, 11) is 1.81. The van der Waals surface area contributed by atoms with E-state index in [9.17, 15) is 4.79 Å². The van der Waals surface area contributed by atoms with Crippen molar-refractivity contribution in [3.05, 3.63) is 12.4 Å². The molecule has 1 aromatic heterocycles. The zero-order chi connectivity index (χ0) is 13.0. The Balaban J connectivity index is 1.97. The average molecular weight is 252 g/mol. The fraction of sp³-hybridized carbons (Fsp3) is 0.667. The van der Waals surface area contributed by atoms with E-state index in [0.29, 0.717) is 12.1 Å². The summed E-state index contributed by atoms with van der Waals surface area (Å²) in [6.45, 7) is 0.887. The molecule has 1 fully saturated rings. The SMILES string of the molecule is Cn1cc(NC(=O)N2CCCCC2CCO)cn1. The van der Waals surface area contributed by atoms with Gasteiger partial charge in [0, 0.05) is 32.4 Å². The van der Waals surface area contributed by atoms with E-state index in [1.807, 2.05) is 11.9 Å². The molecule has 1 atom stereocenters. The number of aliphatic hydroxyl groups is 1. The summed E-state index contributed by atoms with van der Waals surface area (Å²) in [6, 6.07) is 0.0570. The van der Waals surface area contributed by atoms with E-state index in [2.05, 4.69) is 10.4 Å². The van der Waals surface area contributed by atoms with E-state index in [0.717, 1.165) is 25.8 Å². The number of carbonyl (C=O) groups is 1. The van der Waals surface area contributed by atoms with E-state index in [1.54, 1.807) is 17.1 Å². The summed E-state index contributed by atoms with van der Waals surface area (Å²) < 4.78 is 1.65.